The van der Waals surface area contributed by atoms with E-state index in [0.717, 1.165) is 24.0 Å². The number of nitrogens with one attached hydrogen (secondary N) is 1. The number of aliphatic hydroxyl groups excluding tert-OH is 1. The second kappa shape index (κ2) is 7.65. The lowest BCUT2D eigenvalue weighted by atomic mass is 9.99. The summed E-state index contributed by atoms with van der Waals surface area (Å²) < 4.78 is 15.0. The number of carbonyl (C=O) groups is 1. The summed E-state index contributed by atoms with van der Waals surface area (Å²) in [6.07, 6.45) is 3.51. The Balaban J connectivity index is 1.72. The zero-order chi connectivity index (χ0) is 17.8. The van der Waals surface area contributed by atoms with Crippen LogP contribution in [0.5, 0.6) is 0 Å². The number of hydrogen-bond acceptors (Lipinski definition) is 3. The van der Waals surface area contributed by atoms with Crippen molar-refractivity contribution in [2.24, 2.45) is 5.92 Å². The minimum absolute atomic E-state index is 0.0975. The third-order valence-corrected chi connectivity index (χ3v) is 4.53. The van der Waals surface area contributed by atoms with Gasteiger partial charge in [0.1, 0.15) is 11.6 Å². The molecule has 7 heteroatoms. The van der Waals surface area contributed by atoms with Crippen LogP contribution < -0.4 is 5.32 Å². The topological polar surface area (TPSA) is 70.4 Å². The number of amides is 2. The number of urea groups is 1. The molecule has 1 aromatic carbocycles. The zero-order valence-corrected chi connectivity index (χ0v) is 14.3. The van der Waals surface area contributed by atoms with Crippen molar-refractivity contribution in [3.63, 3.8) is 0 Å². The van der Waals surface area contributed by atoms with E-state index >= 15 is 0 Å². The first-order chi connectivity index (χ1) is 12.1. The first kappa shape index (κ1) is 17.4. The number of halogens is 1. The summed E-state index contributed by atoms with van der Waals surface area (Å²) in [5, 5.41) is 16.5. The van der Waals surface area contributed by atoms with Gasteiger partial charge in [-0.2, -0.15) is 5.10 Å². The fourth-order valence-electron chi connectivity index (χ4n) is 3.15. The molecule has 1 aromatic heterocycles. The van der Waals surface area contributed by atoms with Crippen LogP contribution in [0.25, 0.3) is 0 Å². The summed E-state index contributed by atoms with van der Waals surface area (Å²) in [6.45, 7) is 3.58. The van der Waals surface area contributed by atoms with Crippen LogP contribution in [0.3, 0.4) is 0 Å². The maximum Gasteiger partial charge on any atom is 0.323 e. The Kier molecular flexibility index (Phi) is 5.33. The second-order valence-electron chi connectivity index (χ2n) is 6.53. The number of likely N-dealkylation sites (tertiary alicyclic amines) is 1. The SMILES string of the molecule is Cc1cnn(Cc2cccc(F)c2)c1NC(=O)N1CCC[C@H](CO)C1. The smallest absolute Gasteiger partial charge is 0.323 e. The van der Waals surface area contributed by atoms with E-state index in [1.165, 1.54) is 12.1 Å². The van der Waals surface area contributed by atoms with Crippen LogP contribution in [0.15, 0.2) is 30.5 Å². The van der Waals surface area contributed by atoms with Gasteiger partial charge in [0.25, 0.3) is 0 Å². The molecule has 1 fully saturated rings. The first-order valence-corrected chi connectivity index (χ1v) is 8.50. The van der Waals surface area contributed by atoms with Gasteiger partial charge in [-0.25, -0.2) is 13.9 Å². The molecule has 2 N–H and O–H groups in total. The van der Waals surface area contributed by atoms with Crippen LogP contribution in [-0.2, 0) is 6.54 Å². The van der Waals surface area contributed by atoms with E-state index in [0.29, 0.717) is 25.5 Å². The number of anilines is 1. The number of rotatable bonds is 4. The Hall–Kier alpha value is -2.41. The summed E-state index contributed by atoms with van der Waals surface area (Å²) in [7, 11) is 0. The van der Waals surface area contributed by atoms with Crippen LogP contribution in [0, 0.1) is 18.7 Å². The lowest BCUT2D eigenvalue weighted by Crippen LogP contribution is -2.43. The van der Waals surface area contributed by atoms with Gasteiger partial charge in [0.2, 0.25) is 0 Å². The monoisotopic (exact) mass is 346 g/mol. The number of piperidine rings is 1. The van der Waals surface area contributed by atoms with E-state index in [1.807, 2.05) is 13.0 Å². The van der Waals surface area contributed by atoms with E-state index in [2.05, 4.69) is 10.4 Å². The number of hydrogen-bond donors (Lipinski definition) is 2. The summed E-state index contributed by atoms with van der Waals surface area (Å²) in [5.41, 5.74) is 1.62. The Morgan fingerprint density at radius 3 is 3.08 bits per heavy atom. The van der Waals surface area contributed by atoms with Crippen molar-refractivity contribution in [2.75, 3.05) is 25.0 Å². The van der Waals surface area contributed by atoms with E-state index in [-0.39, 0.29) is 24.4 Å². The normalized spacial score (nSPS) is 17.6. The second-order valence-corrected chi connectivity index (χ2v) is 6.53. The maximum atomic E-state index is 13.4. The molecule has 1 aliphatic heterocycles. The molecular weight excluding hydrogens is 323 g/mol. The number of carbonyl (C=O) groups excluding carboxylic acids is 1. The van der Waals surface area contributed by atoms with Gasteiger partial charge in [-0.3, -0.25) is 5.32 Å². The molecule has 2 heterocycles. The highest BCUT2D eigenvalue weighted by molar-refractivity contribution is 5.89. The molecule has 0 radical (unpaired) electrons. The van der Waals surface area contributed by atoms with Crippen molar-refractivity contribution in [3.05, 3.63) is 47.4 Å². The standard InChI is InChI=1S/C18H23FN4O2/c1-13-9-20-23(11-14-4-2-6-16(19)8-14)17(13)21-18(25)22-7-3-5-15(10-22)12-24/h2,4,6,8-9,15,24H,3,5,7,10-12H2,1H3,(H,21,25)/t15-/m0/s1. The molecule has 2 aromatic rings. The molecule has 0 saturated carbocycles. The largest absolute Gasteiger partial charge is 0.396 e. The highest BCUT2D eigenvalue weighted by Gasteiger charge is 2.24. The Labute approximate surface area is 146 Å². The van der Waals surface area contributed by atoms with Crippen LogP contribution in [0.4, 0.5) is 15.0 Å². The number of aliphatic hydroxyl groups is 1. The van der Waals surface area contributed by atoms with Crippen molar-refractivity contribution < 1.29 is 14.3 Å². The average molecular weight is 346 g/mol. The van der Waals surface area contributed by atoms with Gasteiger partial charge in [-0.05, 0) is 43.4 Å². The minimum Gasteiger partial charge on any atom is -0.396 e. The molecule has 0 unspecified atom stereocenters. The lowest BCUT2D eigenvalue weighted by molar-refractivity contribution is 0.136. The first-order valence-electron chi connectivity index (χ1n) is 8.50. The summed E-state index contributed by atoms with van der Waals surface area (Å²) in [6, 6.07) is 6.14. The van der Waals surface area contributed by atoms with Gasteiger partial charge in [0.05, 0.1) is 12.7 Å². The molecule has 3 rings (SSSR count). The number of nitrogens with zero attached hydrogens (tertiary/aromatic N) is 3. The molecule has 1 aliphatic rings. The minimum atomic E-state index is -0.296. The number of benzene rings is 1. The molecule has 0 aliphatic carbocycles. The zero-order valence-electron chi connectivity index (χ0n) is 14.3. The number of aryl methyl sites for hydroxylation is 1. The molecule has 1 saturated heterocycles. The predicted octanol–water partition coefficient (Wildman–Crippen LogP) is 2.62. The molecule has 0 bridgehead atoms. The van der Waals surface area contributed by atoms with Crippen molar-refractivity contribution in [1.82, 2.24) is 14.7 Å². The van der Waals surface area contributed by atoms with Crippen LogP contribution in [0.2, 0.25) is 0 Å². The maximum absolute atomic E-state index is 13.4. The van der Waals surface area contributed by atoms with Crippen LogP contribution >= 0.6 is 0 Å². The van der Waals surface area contributed by atoms with Crippen molar-refractivity contribution in [2.45, 2.75) is 26.3 Å². The lowest BCUT2D eigenvalue weighted by Gasteiger charge is -2.31. The van der Waals surface area contributed by atoms with E-state index in [1.54, 1.807) is 21.8 Å². The third kappa shape index (κ3) is 4.17. The third-order valence-electron chi connectivity index (χ3n) is 4.53. The number of aromatic nitrogens is 2. The fourth-order valence-corrected chi connectivity index (χ4v) is 3.15. The van der Waals surface area contributed by atoms with Crippen molar-refractivity contribution >= 4 is 11.8 Å². The average Bonchev–Trinajstić information content (AvgIpc) is 2.95. The molecule has 25 heavy (non-hydrogen) atoms. The molecular formula is C18H23FN4O2. The predicted molar refractivity (Wildman–Crippen MR) is 92.9 cm³/mol. The molecule has 0 spiro atoms. The van der Waals surface area contributed by atoms with Gasteiger partial charge in [0.15, 0.2) is 0 Å². The van der Waals surface area contributed by atoms with E-state index < -0.39 is 0 Å². The Morgan fingerprint density at radius 1 is 1.48 bits per heavy atom. The summed E-state index contributed by atoms with van der Waals surface area (Å²) >= 11 is 0. The van der Waals surface area contributed by atoms with Gasteiger partial charge in [0, 0.05) is 25.3 Å². The molecule has 2 amide bonds. The molecule has 6 nitrogen and oxygen atoms in total. The fraction of sp³-hybridized carbons (Fsp3) is 0.444. The van der Waals surface area contributed by atoms with Crippen molar-refractivity contribution in [1.29, 1.82) is 0 Å². The van der Waals surface area contributed by atoms with E-state index in [4.69, 9.17) is 0 Å². The van der Waals surface area contributed by atoms with Crippen molar-refractivity contribution in [3.8, 4) is 0 Å². The van der Waals surface area contributed by atoms with Gasteiger partial charge >= 0.3 is 6.03 Å². The summed E-state index contributed by atoms with van der Waals surface area (Å²) in [4.78, 5) is 14.3. The Morgan fingerprint density at radius 2 is 2.32 bits per heavy atom. The van der Waals surface area contributed by atoms with Crippen LogP contribution in [0.1, 0.15) is 24.0 Å². The molecule has 134 valence electrons. The van der Waals surface area contributed by atoms with Gasteiger partial charge in [-0.1, -0.05) is 12.1 Å². The summed E-state index contributed by atoms with van der Waals surface area (Å²) in [5.74, 6) is 0.452. The highest BCUT2D eigenvalue weighted by Crippen LogP contribution is 2.20. The van der Waals surface area contributed by atoms with Gasteiger partial charge in [-0.15, -0.1) is 0 Å². The van der Waals surface area contributed by atoms with Gasteiger partial charge < -0.3 is 10.0 Å². The highest BCUT2D eigenvalue weighted by atomic mass is 19.1. The van der Waals surface area contributed by atoms with E-state index in [9.17, 15) is 14.3 Å². The Bertz CT molecular complexity index is 746. The quantitative estimate of drug-likeness (QED) is 0.894. The van der Waals surface area contributed by atoms with Crippen LogP contribution in [-0.4, -0.2) is 45.5 Å². The molecule has 1 atom stereocenters.